The SMILES string of the molecule is CCCOc1ccc(CNC(=O)Cn2cnc3c(cnn3C)c2=O)cc1OC. The summed E-state index contributed by atoms with van der Waals surface area (Å²) in [6, 6.07) is 5.50. The van der Waals surface area contributed by atoms with Crippen molar-refractivity contribution in [3.63, 3.8) is 0 Å². The highest BCUT2D eigenvalue weighted by molar-refractivity contribution is 5.77. The summed E-state index contributed by atoms with van der Waals surface area (Å²) < 4.78 is 13.7. The lowest BCUT2D eigenvalue weighted by Gasteiger charge is -2.12. The number of rotatable bonds is 8. The molecule has 3 rings (SSSR count). The number of carbonyl (C=O) groups is 1. The first-order valence-corrected chi connectivity index (χ1v) is 8.97. The third-order valence-corrected chi connectivity index (χ3v) is 4.21. The van der Waals surface area contributed by atoms with Crippen LogP contribution in [0.3, 0.4) is 0 Å². The standard InChI is InChI=1S/C19H23N5O4/c1-4-7-28-15-6-5-13(8-16(15)27-3)9-20-17(25)11-24-12-21-18-14(19(24)26)10-22-23(18)2/h5-6,8,10,12H,4,7,9,11H2,1-3H3,(H,20,25). The number of nitrogens with one attached hydrogen (secondary N) is 1. The Hall–Kier alpha value is -3.36. The van der Waals surface area contributed by atoms with Crippen LogP contribution in [-0.2, 0) is 24.9 Å². The predicted molar refractivity (Wildman–Crippen MR) is 103 cm³/mol. The summed E-state index contributed by atoms with van der Waals surface area (Å²) in [5.41, 5.74) is 1.05. The normalized spacial score (nSPS) is 10.8. The minimum absolute atomic E-state index is 0.120. The largest absolute Gasteiger partial charge is 0.493 e. The fourth-order valence-electron chi connectivity index (χ4n) is 2.74. The van der Waals surface area contributed by atoms with Crippen LogP contribution in [0.15, 0.2) is 35.5 Å². The van der Waals surface area contributed by atoms with Gasteiger partial charge in [0.25, 0.3) is 5.56 Å². The number of aromatic nitrogens is 4. The Morgan fingerprint density at radius 3 is 2.86 bits per heavy atom. The quantitative estimate of drug-likeness (QED) is 0.626. The van der Waals surface area contributed by atoms with Crippen molar-refractivity contribution in [3.8, 4) is 11.5 Å². The van der Waals surface area contributed by atoms with E-state index in [1.165, 1.54) is 21.8 Å². The third kappa shape index (κ3) is 4.13. The van der Waals surface area contributed by atoms with Gasteiger partial charge < -0.3 is 14.8 Å². The van der Waals surface area contributed by atoms with Crippen molar-refractivity contribution < 1.29 is 14.3 Å². The lowest BCUT2D eigenvalue weighted by Crippen LogP contribution is -2.32. The molecule has 1 amide bonds. The molecule has 2 heterocycles. The van der Waals surface area contributed by atoms with Crippen LogP contribution in [0, 0.1) is 0 Å². The molecule has 0 aliphatic heterocycles. The number of hydrogen-bond donors (Lipinski definition) is 1. The summed E-state index contributed by atoms with van der Waals surface area (Å²) in [5, 5.41) is 7.19. The van der Waals surface area contributed by atoms with Crippen molar-refractivity contribution in [1.29, 1.82) is 0 Å². The van der Waals surface area contributed by atoms with E-state index >= 15 is 0 Å². The molecular weight excluding hydrogens is 362 g/mol. The Bertz CT molecular complexity index is 1040. The molecule has 0 saturated carbocycles. The van der Waals surface area contributed by atoms with E-state index in [0.29, 0.717) is 35.7 Å². The molecule has 0 radical (unpaired) electrons. The van der Waals surface area contributed by atoms with E-state index in [0.717, 1.165) is 12.0 Å². The Kier molecular flexibility index (Phi) is 5.93. The molecule has 0 aliphatic rings. The minimum atomic E-state index is -0.299. The maximum Gasteiger partial charge on any atom is 0.264 e. The molecule has 0 bridgehead atoms. The number of benzene rings is 1. The number of nitrogens with zero attached hydrogens (tertiary/aromatic N) is 4. The number of methoxy groups -OCH3 is 1. The zero-order valence-corrected chi connectivity index (χ0v) is 16.1. The number of aryl methyl sites for hydroxylation is 1. The van der Waals surface area contributed by atoms with Crippen molar-refractivity contribution in [2.45, 2.75) is 26.4 Å². The molecule has 148 valence electrons. The highest BCUT2D eigenvalue weighted by atomic mass is 16.5. The second kappa shape index (κ2) is 8.55. The molecule has 0 spiro atoms. The zero-order valence-electron chi connectivity index (χ0n) is 16.1. The van der Waals surface area contributed by atoms with Gasteiger partial charge in [0.2, 0.25) is 5.91 Å². The average Bonchev–Trinajstić information content (AvgIpc) is 3.08. The second-order valence-electron chi connectivity index (χ2n) is 6.29. The maximum absolute atomic E-state index is 12.4. The van der Waals surface area contributed by atoms with Gasteiger partial charge in [-0.3, -0.25) is 18.8 Å². The Morgan fingerprint density at radius 1 is 1.29 bits per heavy atom. The third-order valence-electron chi connectivity index (χ3n) is 4.21. The van der Waals surface area contributed by atoms with Crippen molar-refractivity contribution >= 4 is 16.9 Å². The number of fused-ring (bicyclic) bond motifs is 1. The average molecular weight is 385 g/mol. The zero-order chi connectivity index (χ0) is 20.1. The molecule has 2 aromatic heterocycles. The summed E-state index contributed by atoms with van der Waals surface area (Å²) in [6.07, 6.45) is 3.71. The summed E-state index contributed by atoms with van der Waals surface area (Å²) >= 11 is 0. The fourth-order valence-corrected chi connectivity index (χ4v) is 2.74. The van der Waals surface area contributed by atoms with Gasteiger partial charge in [-0.1, -0.05) is 13.0 Å². The number of ether oxygens (including phenoxy) is 2. The Balaban J connectivity index is 1.64. The van der Waals surface area contributed by atoms with Gasteiger partial charge in [-0.25, -0.2) is 4.98 Å². The maximum atomic E-state index is 12.4. The van der Waals surface area contributed by atoms with Gasteiger partial charge in [-0.2, -0.15) is 5.10 Å². The van der Waals surface area contributed by atoms with E-state index in [4.69, 9.17) is 9.47 Å². The molecule has 0 saturated heterocycles. The molecule has 0 aliphatic carbocycles. The number of hydrogen-bond acceptors (Lipinski definition) is 6. The highest BCUT2D eigenvalue weighted by Crippen LogP contribution is 2.28. The van der Waals surface area contributed by atoms with E-state index in [2.05, 4.69) is 15.4 Å². The van der Waals surface area contributed by atoms with E-state index in [1.807, 2.05) is 25.1 Å². The van der Waals surface area contributed by atoms with Crippen LogP contribution < -0.4 is 20.3 Å². The number of amides is 1. The van der Waals surface area contributed by atoms with Crippen molar-refractivity contribution in [3.05, 3.63) is 46.6 Å². The summed E-state index contributed by atoms with van der Waals surface area (Å²) in [4.78, 5) is 28.9. The summed E-state index contributed by atoms with van der Waals surface area (Å²) in [7, 11) is 3.28. The molecule has 0 unspecified atom stereocenters. The van der Waals surface area contributed by atoms with Crippen molar-refractivity contribution in [2.24, 2.45) is 7.05 Å². The predicted octanol–water partition coefficient (Wildman–Crippen LogP) is 1.24. The van der Waals surface area contributed by atoms with Crippen LogP contribution >= 0.6 is 0 Å². The monoisotopic (exact) mass is 385 g/mol. The van der Waals surface area contributed by atoms with E-state index in [9.17, 15) is 9.59 Å². The topological polar surface area (TPSA) is 100 Å². The van der Waals surface area contributed by atoms with Gasteiger partial charge >= 0.3 is 0 Å². The van der Waals surface area contributed by atoms with Gasteiger partial charge in [-0.05, 0) is 24.1 Å². The molecule has 0 atom stereocenters. The minimum Gasteiger partial charge on any atom is -0.493 e. The van der Waals surface area contributed by atoms with Crippen molar-refractivity contribution in [1.82, 2.24) is 24.6 Å². The van der Waals surface area contributed by atoms with Crippen LogP contribution in [-0.4, -0.2) is 39.0 Å². The molecule has 28 heavy (non-hydrogen) atoms. The van der Waals surface area contributed by atoms with Gasteiger partial charge in [0, 0.05) is 13.6 Å². The van der Waals surface area contributed by atoms with E-state index < -0.39 is 0 Å². The first-order chi connectivity index (χ1) is 13.5. The first-order valence-electron chi connectivity index (χ1n) is 8.97. The first kappa shape index (κ1) is 19.4. The van der Waals surface area contributed by atoms with Gasteiger partial charge in [0.05, 0.1) is 19.9 Å². The molecular formula is C19H23N5O4. The van der Waals surface area contributed by atoms with E-state index in [-0.39, 0.29) is 18.0 Å². The van der Waals surface area contributed by atoms with Gasteiger partial charge in [-0.15, -0.1) is 0 Å². The summed E-state index contributed by atoms with van der Waals surface area (Å²) in [5.74, 6) is 0.988. The molecule has 9 nitrogen and oxygen atoms in total. The smallest absolute Gasteiger partial charge is 0.264 e. The van der Waals surface area contributed by atoms with Crippen LogP contribution in [0.4, 0.5) is 0 Å². The Labute approximate surface area is 161 Å². The van der Waals surface area contributed by atoms with E-state index in [1.54, 1.807) is 14.2 Å². The van der Waals surface area contributed by atoms with Crippen LogP contribution in [0.1, 0.15) is 18.9 Å². The highest BCUT2D eigenvalue weighted by Gasteiger charge is 2.11. The second-order valence-corrected chi connectivity index (χ2v) is 6.29. The fraction of sp³-hybridized carbons (Fsp3) is 0.368. The summed E-state index contributed by atoms with van der Waals surface area (Å²) in [6.45, 7) is 2.83. The molecule has 0 fully saturated rings. The van der Waals surface area contributed by atoms with Gasteiger partial charge in [0.15, 0.2) is 17.1 Å². The molecule has 1 N–H and O–H groups in total. The molecule has 3 aromatic rings. The molecule has 9 heteroatoms. The van der Waals surface area contributed by atoms with Gasteiger partial charge in [0.1, 0.15) is 18.3 Å². The lowest BCUT2D eigenvalue weighted by atomic mass is 10.2. The van der Waals surface area contributed by atoms with Crippen molar-refractivity contribution in [2.75, 3.05) is 13.7 Å². The van der Waals surface area contributed by atoms with Crippen LogP contribution in [0.2, 0.25) is 0 Å². The molecule has 1 aromatic carbocycles. The number of carbonyl (C=O) groups excluding carboxylic acids is 1. The Morgan fingerprint density at radius 2 is 2.11 bits per heavy atom. The lowest BCUT2D eigenvalue weighted by molar-refractivity contribution is -0.121. The van der Waals surface area contributed by atoms with Crippen LogP contribution in [0.5, 0.6) is 11.5 Å². The van der Waals surface area contributed by atoms with Crippen LogP contribution in [0.25, 0.3) is 11.0 Å².